The average molecular weight is 296 g/mol. The van der Waals surface area contributed by atoms with E-state index in [1.165, 1.54) is 6.07 Å². The van der Waals surface area contributed by atoms with Crippen molar-refractivity contribution in [3.63, 3.8) is 0 Å². The molecule has 1 rings (SSSR count). The highest BCUT2D eigenvalue weighted by Gasteiger charge is 2.35. The Morgan fingerprint density at radius 2 is 1.90 bits per heavy atom. The molecule has 0 spiro atoms. The lowest BCUT2D eigenvalue weighted by atomic mass is 9.82. The molecule has 0 saturated heterocycles. The number of benzene rings is 1. The molecule has 21 heavy (non-hydrogen) atoms. The molecule has 0 aliphatic heterocycles. The van der Waals surface area contributed by atoms with Gasteiger partial charge in [0.1, 0.15) is 5.82 Å². The van der Waals surface area contributed by atoms with Crippen LogP contribution in [0.1, 0.15) is 32.3 Å². The van der Waals surface area contributed by atoms with E-state index in [0.29, 0.717) is 24.1 Å². The van der Waals surface area contributed by atoms with Gasteiger partial charge in [-0.2, -0.15) is 0 Å². The lowest BCUT2D eigenvalue weighted by Crippen LogP contribution is -2.43. The lowest BCUT2D eigenvalue weighted by molar-refractivity contribution is -0.149. The van der Waals surface area contributed by atoms with E-state index in [0.717, 1.165) is 0 Å². The summed E-state index contributed by atoms with van der Waals surface area (Å²) >= 11 is 0. The minimum atomic E-state index is -0.976. The van der Waals surface area contributed by atoms with Gasteiger partial charge in [-0.15, -0.1) is 0 Å². The first-order valence-corrected chi connectivity index (χ1v) is 6.89. The molecule has 1 aromatic rings. The molecular formula is C15H21FN2O3. The molecule has 0 aliphatic rings. The molecule has 0 bridgehead atoms. The fraction of sp³-hybridized carbons (Fsp3) is 0.467. The summed E-state index contributed by atoms with van der Waals surface area (Å²) in [6.45, 7) is 5.19. The summed E-state index contributed by atoms with van der Waals surface area (Å²) in [5, 5.41) is 14.3. The molecule has 2 amide bonds. The number of hydrogen-bond donors (Lipinski definition) is 3. The van der Waals surface area contributed by atoms with Crippen molar-refractivity contribution in [3.05, 3.63) is 29.6 Å². The number of carbonyl (C=O) groups excluding carboxylic acids is 1. The molecule has 0 radical (unpaired) electrons. The zero-order chi connectivity index (χ0) is 16.0. The van der Waals surface area contributed by atoms with Crippen LogP contribution < -0.4 is 10.6 Å². The summed E-state index contributed by atoms with van der Waals surface area (Å²) in [5.41, 5.74) is -0.164. The Balaban J connectivity index is 2.65. The number of aliphatic carboxylic acids is 1. The molecule has 3 N–H and O–H groups in total. The van der Waals surface area contributed by atoms with Crippen molar-refractivity contribution >= 4 is 17.7 Å². The van der Waals surface area contributed by atoms with Crippen molar-refractivity contribution in [2.75, 3.05) is 11.9 Å². The van der Waals surface area contributed by atoms with Crippen molar-refractivity contribution in [2.45, 2.75) is 33.6 Å². The second-order valence-corrected chi connectivity index (χ2v) is 5.06. The van der Waals surface area contributed by atoms with E-state index in [1.54, 1.807) is 32.9 Å². The number of anilines is 1. The van der Waals surface area contributed by atoms with Crippen LogP contribution >= 0.6 is 0 Å². The van der Waals surface area contributed by atoms with Crippen molar-refractivity contribution in [1.82, 2.24) is 5.32 Å². The number of carbonyl (C=O) groups is 2. The topological polar surface area (TPSA) is 78.4 Å². The highest BCUT2D eigenvalue weighted by atomic mass is 19.1. The van der Waals surface area contributed by atoms with Crippen LogP contribution in [0.5, 0.6) is 0 Å². The first-order chi connectivity index (χ1) is 9.84. The molecule has 0 aromatic heterocycles. The van der Waals surface area contributed by atoms with E-state index in [4.69, 9.17) is 0 Å². The lowest BCUT2D eigenvalue weighted by Gasteiger charge is -2.26. The normalized spacial score (nSPS) is 11.0. The summed E-state index contributed by atoms with van der Waals surface area (Å²) in [7, 11) is 0. The van der Waals surface area contributed by atoms with Gasteiger partial charge in [-0.25, -0.2) is 9.18 Å². The fourth-order valence-electron chi connectivity index (χ4n) is 1.97. The fourth-order valence-corrected chi connectivity index (χ4v) is 1.97. The average Bonchev–Trinajstić information content (AvgIpc) is 2.44. The predicted molar refractivity (Wildman–Crippen MR) is 78.8 cm³/mol. The number of nitrogens with one attached hydrogen (secondary N) is 2. The Morgan fingerprint density at radius 3 is 2.38 bits per heavy atom. The number of halogens is 1. The van der Waals surface area contributed by atoms with Crippen LogP contribution in [-0.4, -0.2) is 23.7 Å². The molecule has 0 fully saturated rings. The quantitative estimate of drug-likeness (QED) is 0.754. The molecule has 0 aliphatic carbocycles. The van der Waals surface area contributed by atoms with Gasteiger partial charge in [0, 0.05) is 12.2 Å². The van der Waals surface area contributed by atoms with Gasteiger partial charge in [-0.3, -0.25) is 4.79 Å². The molecule has 0 atom stereocenters. The third-order valence-corrected chi connectivity index (χ3v) is 3.82. The van der Waals surface area contributed by atoms with E-state index in [1.807, 2.05) is 0 Å². The van der Waals surface area contributed by atoms with Gasteiger partial charge in [0.25, 0.3) is 0 Å². The van der Waals surface area contributed by atoms with Gasteiger partial charge < -0.3 is 15.7 Å². The number of urea groups is 1. The maximum atomic E-state index is 13.4. The SMILES string of the molecule is CCC(CC)(CNC(=O)Nc1ccc(C)c(F)c1)C(=O)O. The molecular weight excluding hydrogens is 275 g/mol. The molecule has 0 heterocycles. The zero-order valence-corrected chi connectivity index (χ0v) is 12.5. The van der Waals surface area contributed by atoms with Crippen LogP contribution in [0.2, 0.25) is 0 Å². The smallest absolute Gasteiger partial charge is 0.319 e. The Morgan fingerprint density at radius 1 is 1.29 bits per heavy atom. The summed E-state index contributed by atoms with van der Waals surface area (Å²) in [6, 6.07) is 3.82. The minimum Gasteiger partial charge on any atom is -0.481 e. The van der Waals surface area contributed by atoms with Crippen molar-refractivity contribution in [2.24, 2.45) is 5.41 Å². The number of aryl methyl sites for hydroxylation is 1. The maximum absolute atomic E-state index is 13.4. The van der Waals surface area contributed by atoms with Gasteiger partial charge in [0.15, 0.2) is 0 Å². The predicted octanol–water partition coefficient (Wildman–Crippen LogP) is 3.15. The number of carboxylic acid groups (broad SMARTS) is 1. The van der Waals surface area contributed by atoms with Gasteiger partial charge in [-0.05, 0) is 37.5 Å². The van der Waals surface area contributed by atoms with Crippen molar-refractivity contribution in [1.29, 1.82) is 0 Å². The van der Waals surface area contributed by atoms with E-state index in [9.17, 15) is 19.1 Å². The highest BCUT2D eigenvalue weighted by molar-refractivity contribution is 5.89. The standard InChI is InChI=1S/C15H21FN2O3/c1-4-15(5-2,13(19)20)9-17-14(21)18-11-7-6-10(3)12(16)8-11/h6-8H,4-5,9H2,1-3H3,(H,19,20)(H2,17,18,21). The number of hydrogen-bond acceptors (Lipinski definition) is 2. The molecule has 0 unspecified atom stereocenters. The highest BCUT2D eigenvalue weighted by Crippen LogP contribution is 2.25. The summed E-state index contributed by atoms with van der Waals surface area (Å²) in [5.74, 6) is -1.34. The first kappa shape index (κ1) is 16.9. The Bertz CT molecular complexity index is 528. The van der Waals surface area contributed by atoms with Gasteiger partial charge >= 0.3 is 12.0 Å². The third kappa shape index (κ3) is 4.18. The molecule has 5 nitrogen and oxygen atoms in total. The van der Waals surface area contributed by atoms with Crippen LogP contribution in [0.4, 0.5) is 14.9 Å². The van der Waals surface area contributed by atoms with Gasteiger partial charge in [-0.1, -0.05) is 19.9 Å². The van der Waals surface area contributed by atoms with E-state index < -0.39 is 23.2 Å². The van der Waals surface area contributed by atoms with E-state index in [-0.39, 0.29) is 6.54 Å². The van der Waals surface area contributed by atoms with Crippen LogP contribution in [0, 0.1) is 18.2 Å². The summed E-state index contributed by atoms with van der Waals surface area (Å²) in [4.78, 5) is 23.1. The maximum Gasteiger partial charge on any atom is 0.319 e. The van der Waals surface area contributed by atoms with Gasteiger partial charge in [0.2, 0.25) is 0 Å². The Hall–Kier alpha value is -2.11. The Labute approximate surface area is 123 Å². The molecule has 1 aromatic carbocycles. The van der Waals surface area contributed by atoms with Crippen LogP contribution in [0.25, 0.3) is 0 Å². The molecule has 116 valence electrons. The zero-order valence-electron chi connectivity index (χ0n) is 12.5. The van der Waals surface area contributed by atoms with E-state index in [2.05, 4.69) is 10.6 Å². The van der Waals surface area contributed by atoms with Gasteiger partial charge in [0.05, 0.1) is 5.41 Å². The van der Waals surface area contributed by atoms with Crippen molar-refractivity contribution in [3.8, 4) is 0 Å². The summed E-state index contributed by atoms with van der Waals surface area (Å²) in [6.07, 6.45) is 0.830. The number of amides is 2. The third-order valence-electron chi connectivity index (χ3n) is 3.82. The monoisotopic (exact) mass is 296 g/mol. The van der Waals surface area contributed by atoms with Crippen LogP contribution in [-0.2, 0) is 4.79 Å². The molecule has 0 saturated carbocycles. The molecule has 6 heteroatoms. The largest absolute Gasteiger partial charge is 0.481 e. The van der Waals surface area contributed by atoms with E-state index >= 15 is 0 Å². The second kappa shape index (κ2) is 7.06. The van der Waals surface area contributed by atoms with Crippen molar-refractivity contribution < 1.29 is 19.1 Å². The minimum absolute atomic E-state index is 0.0233. The number of rotatable bonds is 6. The van der Waals surface area contributed by atoms with Crippen LogP contribution in [0.15, 0.2) is 18.2 Å². The second-order valence-electron chi connectivity index (χ2n) is 5.06. The first-order valence-electron chi connectivity index (χ1n) is 6.89. The number of carboxylic acids is 1. The van der Waals surface area contributed by atoms with Crippen LogP contribution in [0.3, 0.4) is 0 Å². The Kier molecular flexibility index (Phi) is 5.69. The summed E-state index contributed by atoms with van der Waals surface area (Å²) < 4.78 is 13.4.